The quantitative estimate of drug-likeness (QED) is 0.234. The minimum atomic E-state index is -0.833. The summed E-state index contributed by atoms with van der Waals surface area (Å²) < 4.78 is 51.8. The summed E-state index contributed by atoms with van der Waals surface area (Å²) >= 11 is 3.95. The second-order valence-electron chi connectivity index (χ2n) is 12.7. The molecule has 47 heavy (non-hydrogen) atoms. The van der Waals surface area contributed by atoms with Crippen molar-refractivity contribution in [3.05, 3.63) is 108 Å². The first kappa shape index (κ1) is 34.6. The van der Waals surface area contributed by atoms with Crippen LogP contribution in [-0.4, -0.2) is 85.1 Å². The van der Waals surface area contributed by atoms with E-state index in [1.165, 1.54) is 0 Å². The molecule has 0 unspecified atom stereocenters. The Morgan fingerprint density at radius 2 is 1.21 bits per heavy atom. The molecule has 10 atom stereocenters. The first-order valence-electron chi connectivity index (χ1n) is 16.2. The molecule has 3 aromatic rings. The number of halogens is 1. The molecule has 0 aromatic heterocycles. The molecule has 0 radical (unpaired) electrons. The number of aliphatic hydroxyl groups is 1. The number of rotatable bonds is 13. The maximum Gasteiger partial charge on any atom is 0.186 e. The molecule has 3 aliphatic rings. The van der Waals surface area contributed by atoms with Gasteiger partial charge in [0.25, 0.3) is 0 Å². The van der Waals surface area contributed by atoms with E-state index in [2.05, 4.69) is 15.9 Å². The maximum atomic E-state index is 10.5. The van der Waals surface area contributed by atoms with Crippen LogP contribution in [0, 0.1) is 5.92 Å². The molecule has 0 spiro atoms. The van der Waals surface area contributed by atoms with Crippen LogP contribution < -0.4 is 0 Å². The molecule has 6 rings (SSSR count). The maximum absolute atomic E-state index is 10.5. The molecule has 0 amide bonds. The largest absolute Gasteiger partial charge is 0.394 e. The number of fused-ring (bicyclic) bond motifs is 1. The molecule has 3 aromatic carbocycles. The number of methoxy groups -OCH3 is 1. The third-order valence-corrected chi connectivity index (χ3v) is 10.00. The smallest absolute Gasteiger partial charge is 0.186 e. The molecule has 9 nitrogen and oxygen atoms in total. The molecule has 10 heteroatoms. The summed E-state index contributed by atoms with van der Waals surface area (Å²) in [5.41, 5.74) is 3.09. The molecule has 3 fully saturated rings. The molecule has 254 valence electrons. The normalized spacial score (nSPS) is 33.4. The van der Waals surface area contributed by atoms with Crippen molar-refractivity contribution in [2.45, 2.75) is 93.3 Å². The Kier molecular flexibility index (Phi) is 11.8. The van der Waals surface area contributed by atoms with Crippen molar-refractivity contribution in [1.82, 2.24) is 0 Å². The van der Waals surface area contributed by atoms with Crippen LogP contribution >= 0.6 is 15.9 Å². The second kappa shape index (κ2) is 16.0. The van der Waals surface area contributed by atoms with Gasteiger partial charge in [-0.1, -0.05) is 107 Å². The van der Waals surface area contributed by atoms with Crippen molar-refractivity contribution in [1.29, 1.82) is 0 Å². The van der Waals surface area contributed by atoms with Crippen LogP contribution in [0.1, 0.15) is 30.5 Å². The average Bonchev–Trinajstić information content (AvgIpc) is 3.43. The Labute approximate surface area is 285 Å². The van der Waals surface area contributed by atoms with Gasteiger partial charge in [-0.25, -0.2) is 0 Å². The average molecular weight is 714 g/mol. The first-order valence-corrected chi connectivity index (χ1v) is 17.2. The van der Waals surface area contributed by atoms with Crippen LogP contribution in [0.15, 0.2) is 91.0 Å². The summed E-state index contributed by atoms with van der Waals surface area (Å²) in [6.45, 7) is 4.85. The van der Waals surface area contributed by atoms with E-state index >= 15 is 0 Å². The Bertz CT molecular complexity index is 1360. The highest BCUT2D eigenvalue weighted by atomic mass is 79.9. The molecule has 0 bridgehead atoms. The lowest BCUT2D eigenvalue weighted by molar-refractivity contribution is -0.323. The van der Waals surface area contributed by atoms with Gasteiger partial charge in [0, 0.05) is 13.0 Å². The van der Waals surface area contributed by atoms with Gasteiger partial charge in [0.05, 0.1) is 56.2 Å². The topological polar surface area (TPSA) is 94.1 Å². The third-order valence-electron chi connectivity index (χ3n) is 8.96. The number of hydrogen-bond donors (Lipinski definition) is 1. The highest BCUT2D eigenvalue weighted by Crippen LogP contribution is 2.46. The van der Waals surface area contributed by atoms with Crippen LogP contribution in [0.25, 0.3) is 0 Å². The molecule has 3 saturated heterocycles. The zero-order valence-electron chi connectivity index (χ0n) is 27.1. The van der Waals surface area contributed by atoms with E-state index in [0.29, 0.717) is 19.8 Å². The SMILES string of the molecule is CO[C@H]1O[C@H](COCc2ccccc2)[C@@H]([C@@H]2O[C@H](CO)[C@H]3OC(C)(C)O[C@@H]3[C@H]2Br)[C@H](OCc2ccccc2)[C@H]1OCc1ccccc1. The van der Waals surface area contributed by atoms with Gasteiger partial charge in [0.2, 0.25) is 0 Å². The predicted molar refractivity (Wildman–Crippen MR) is 178 cm³/mol. The van der Waals surface area contributed by atoms with Gasteiger partial charge in [0.1, 0.15) is 24.4 Å². The summed E-state index contributed by atoms with van der Waals surface area (Å²) in [5.74, 6) is -1.26. The Morgan fingerprint density at radius 1 is 0.681 bits per heavy atom. The zero-order chi connectivity index (χ0) is 32.8. The molecule has 3 heterocycles. The Morgan fingerprint density at radius 3 is 1.77 bits per heavy atom. The number of alkyl halides is 1. The van der Waals surface area contributed by atoms with Gasteiger partial charge in [-0.05, 0) is 30.5 Å². The predicted octanol–water partition coefficient (Wildman–Crippen LogP) is 5.40. The molecule has 3 aliphatic heterocycles. The van der Waals surface area contributed by atoms with Crippen molar-refractivity contribution < 1.29 is 43.0 Å². The fourth-order valence-corrected chi connectivity index (χ4v) is 7.67. The summed E-state index contributed by atoms with van der Waals surface area (Å²) in [4.78, 5) is -0.320. The standard InChI is InChI=1S/C37H45BrO9/c1-37(2)46-31-27(19-39)44-32(30(38)34(31)47-37)29-28(23-41-20-24-13-7-4-8-14-24)45-36(40-3)35(43-22-26-17-11-6-12-18-26)33(29)42-21-25-15-9-5-10-16-25/h4-18,27-36,39H,19-23H2,1-3H3/t27-,28-,29+,30+,31-,32+,33+,34-,35-,36+/m1/s1. The zero-order valence-corrected chi connectivity index (χ0v) is 28.6. The van der Waals surface area contributed by atoms with Gasteiger partial charge in [0.15, 0.2) is 12.1 Å². The van der Waals surface area contributed by atoms with E-state index in [-0.39, 0.29) is 24.1 Å². The van der Waals surface area contributed by atoms with Crippen LogP contribution in [0.2, 0.25) is 0 Å². The summed E-state index contributed by atoms with van der Waals surface area (Å²) in [6.07, 6.45) is -4.42. The first-order chi connectivity index (χ1) is 22.9. The monoisotopic (exact) mass is 712 g/mol. The number of aliphatic hydroxyl groups excluding tert-OH is 1. The Balaban J connectivity index is 1.34. The minimum absolute atomic E-state index is 0.232. The summed E-state index contributed by atoms with van der Waals surface area (Å²) in [6, 6.07) is 30.0. The molecular weight excluding hydrogens is 668 g/mol. The van der Waals surface area contributed by atoms with Crippen molar-refractivity contribution >= 4 is 15.9 Å². The fraction of sp³-hybridized carbons (Fsp3) is 0.514. The summed E-state index contributed by atoms with van der Waals surface area (Å²) in [5, 5.41) is 10.5. The fourth-order valence-electron chi connectivity index (χ4n) is 6.79. The van der Waals surface area contributed by atoms with Crippen LogP contribution in [0.5, 0.6) is 0 Å². The van der Waals surface area contributed by atoms with Crippen molar-refractivity contribution in [2.75, 3.05) is 20.3 Å². The second-order valence-corrected chi connectivity index (χ2v) is 13.8. The van der Waals surface area contributed by atoms with Crippen LogP contribution in [-0.2, 0) is 57.7 Å². The van der Waals surface area contributed by atoms with E-state index in [1.54, 1.807) is 7.11 Å². The van der Waals surface area contributed by atoms with Crippen molar-refractivity contribution in [2.24, 2.45) is 5.92 Å². The lowest BCUT2D eigenvalue weighted by Crippen LogP contribution is -2.66. The van der Waals surface area contributed by atoms with Gasteiger partial charge >= 0.3 is 0 Å². The number of hydrogen-bond acceptors (Lipinski definition) is 9. The van der Waals surface area contributed by atoms with Gasteiger partial charge in [-0.15, -0.1) is 0 Å². The van der Waals surface area contributed by atoms with E-state index in [9.17, 15) is 5.11 Å². The van der Waals surface area contributed by atoms with Crippen LogP contribution in [0.4, 0.5) is 0 Å². The third kappa shape index (κ3) is 8.33. The minimum Gasteiger partial charge on any atom is -0.394 e. The molecular formula is C37H45BrO9. The molecule has 0 aliphatic carbocycles. The molecule has 1 N–H and O–H groups in total. The lowest BCUT2D eigenvalue weighted by Gasteiger charge is -2.51. The number of ether oxygens (including phenoxy) is 8. The van der Waals surface area contributed by atoms with Crippen molar-refractivity contribution in [3.8, 4) is 0 Å². The number of benzene rings is 3. The van der Waals surface area contributed by atoms with Crippen molar-refractivity contribution in [3.63, 3.8) is 0 Å². The van der Waals surface area contributed by atoms with Gasteiger partial charge < -0.3 is 43.0 Å². The molecule has 0 saturated carbocycles. The Hall–Kier alpha value is -2.22. The van der Waals surface area contributed by atoms with E-state index in [0.717, 1.165) is 16.7 Å². The van der Waals surface area contributed by atoms with Gasteiger partial charge in [-0.2, -0.15) is 0 Å². The summed E-state index contributed by atoms with van der Waals surface area (Å²) in [7, 11) is 1.61. The highest BCUT2D eigenvalue weighted by Gasteiger charge is 2.60. The highest BCUT2D eigenvalue weighted by molar-refractivity contribution is 9.09. The van der Waals surface area contributed by atoms with Gasteiger partial charge in [-0.3, -0.25) is 0 Å². The van der Waals surface area contributed by atoms with E-state index in [4.69, 9.17) is 37.9 Å². The van der Waals surface area contributed by atoms with E-state index in [1.807, 2.05) is 105 Å². The van der Waals surface area contributed by atoms with Crippen LogP contribution in [0.3, 0.4) is 0 Å². The lowest BCUT2D eigenvalue weighted by atomic mass is 9.79. The van der Waals surface area contributed by atoms with E-state index < -0.39 is 54.6 Å².